The maximum atomic E-state index is 13.3. The molecule has 0 aliphatic heterocycles. The van der Waals surface area contributed by atoms with Gasteiger partial charge in [0, 0.05) is 29.7 Å². The Kier molecular flexibility index (Phi) is 5.58. The second-order valence-corrected chi connectivity index (χ2v) is 6.35. The SMILES string of the molecule is O=C(NC1CCCCCC1)c1cc(Nc2ccc(F)c(F)c2)ccn1. The molecule has 2 N–H and O–H groups in total. The summed E-state index contributed by atoms with van der Waals surface area (Å²) in [5.74, 6) is -2.03. The van der Waals surface area contributed by atoms with E-state index in [1.165, 1.54) is 25.1 Å². The van der Waals surface area contributed by atoms with Crippen LogP contribution in [0, 0.1) is 11.6 Å². The summed E-state index contributed by atoms with van der Waals surface area (Å²) in [5, 5.41) is 6.00. The van der Waals surface area contributed by atoms with E-state index in [-0.39, 0.29) is 11.9 Å². The first-order valence-corrected chi connectivity index (χ1v) is 8.61. The summed E-state index contributed by atoms with van der Waals surface area (Å²) in [6.45, 7) is 0. The predicted octanol–water partition coefficient (Wildman–Crippen LogP) is 4.56. The zero-order chi connectivity index (χ0) is 17.6. The third kappa shape index (κ3) is 4.75. The summed E-state index contributed by atoms with van der Waals surface area (Å²) in [4.78, 5) is 16.5. The Hall–Kier alpha value is -2.50. The van der Waals surface area contributed by atoms with Crippen molar-refractivity contribution in [3.05, 3.63) is 53.9 Å². The second-order valence-electron chi connectivity index (χ2n) is 6.35. The maximum Gasteiger partial charge on any atom is 0.270 e. The van der Waals surface area contributed by atoms with Crippen LogP contribution in [0.5, 0.6) is 0 Å². The molecule has 0 bridgehead atoms. The predicted molar refractivity (Wildman–Crippen MR) is 92.8 cm³/mol. The highest BCUT2D eigenvalue weighted by Crippen LogP contribution is 2.20. The molecule has 0 atom stereocenters. The average molecular weight is 345 g/mol. The minimum atomic E-state index is -0.926. The van der Waals surface area contributed by atoms with Gasteiger partial charge in [0.15, 0.2) is 11.6 Å². The molecule has 6 heteroatoms. The molecule has 2 aromatic rings. The molecule has 1 fully saturated rings. The van der Waals surface area contributed by atoms with Crippen LogP contribution >= 0.6 is 0 Å². The van der Waals surface area contributed by atoms with E-state index in [1.807, 2.05) is 0 Å². The van der Waals surface area contributed by atoms with Crippen LogP contribution in [-0.2, 0) is 0 Å². The van der Waals surface area contributed by atoms with Crippen LogP contribution in [0.3, 0.4) is 0 Å². The van der Waals surface area contributed by atoms with Crippen LogP contribution < -0.4 is 10.6 Å². The van der Waals surface area contributed by atoms with Gasteiger partial charge in [0.25, 0.3) is 5.91 Å². The Morgan fingerprint density at radius 2 is 1.68 bits per heavy atom. The molecule has 1 saturated carbocycles. The highest BCUT2D eigenvalue weighted by atomic mass is 19.2. The van der Waals surface area contributed by atoms with Crippen LogP contribution in [0.4, 0.5) is 20.2 Å². The van der Waals surface area contributed by atoms with Crippen molar-refractivity contribution in [3.8, 4) is 0 Å². The van der Waals surface area contributed by atoms with Crippen molar-refractivity contribution in [2.45, 2.75) is 44.6 Å². The molecular weight excluding hydrogens is 324 g/mol. The highest BCUT2D eigenvalue weighted by molar-refractivity contribution is 5.93. The molecule has 0 radical (unpaired) electrons. The zero-order valence-corrected chi connectivity index (χ0v) is 13.9. The van der Waals surface area contributed by atoms with Gasteiger partial charge in [-0.05, 0) is 37.1 Å². The minimum absolute atomic E-state index is 0.194. The number of carbonyl (C=O) groups excluding carboxylic acids is 1. The lowest BCUT2D eigenvalue weighted by Gasteiger charge is -2.16. The number of nitrogens with zero attached hydrogens (tertiary/aromatic N) is 1. The topological polar surface area (TPSA) is 54.0 Å². The molecule has 1 heterocycles. The first kappa shape index (κ1) is 17.3. The molecule has 1 aromatic heterocycles. The first-order valence-electron chi connectivity index (χ1n) is 8.61. The number of benzene rings is 1. The molecule has 3 rings (SSSR count). The van der Waals surface area contributed by atoms with Crippen LogP contribution in [0.1, 0.15) is 49.0 Å². The molecule has 132 valence electrons. The normalized spacial score (nSPS) is 15.4. The van der Waals surface area contributed by atoms with Gasteiger partial charge in [0.2, 0.25) is 0 Å². The molecule has 1 aliphatic carbocycles. The summed E-state index contributed by atoms with van der Waals surface area (Å²) in [6.07, 6.45) is 8.23. The number of hydrogen-bond donors (Lipinski definition) is 2. The Balaban J connectivity index is 1.67. The van der Waals surface area contributed by atoms with Crippen molar-refractivity contribution in [2.24, 2.45) is 0 Å². The lowest BCUT2D eigenvalue weighted by Crippen LogP contribution is -2.34. The van der Waals surface area contributed by atoms with E-state index in [1.54, 1.807) is 12.1 Å². The summed E-state index contributed by atoms with van der Waals surface area (Å²) in [7, 11) is 0. The smallest absolute Gasteiger partial charge is 0.270 e. The Morgan fingerprint density at radius 3 is 2.40 bits per heavy atom. The van der Waals surface area contributed by atoms with E-state index in [9.17, 15) is 13.6 Å². The van der Waals surface area contributed by atoms with E-state index in [0.29, 0.717) is 17.1 Å². The molecule has 0 saturated heterocycles. The van der Waals surface area contributed by atoms with Crippen molar-refractivity contribution in [1.29, 1.82) is 0 Å². The number of anilines is 2. The molecule has 1 aliphatic rings. The fraction of sp³-hybridized carbons (Fsp3) is 0.368. The van der Waals surface area contributed by atoms with Crippen molar-refractivity contribution >= 4 is 17.3 Å². The van der Waals surface area contributed by atoms with Crippen molar-refractivity contribution < 1.29 is 13.6 Å². The fourth-order valence-electron chi connectivity index (χ4n) is 3.06. The molecule has 25 heavy (non-hydrogen) atoms. The van der Waals surface area contributed by atoms with Gasteiger partial charge in [0.1, 0.15) is 5.69 Å². The van der Waals surface area contributed by atoms with E-state index in [2.05, 4.69) is 15.6 Å². The number of aromatic nitrogens is 1. The summed E-state index contributed by atoms with van der Waals surface area (Å²) in [5.41, 5.74) is 1.30. The number of hydrogen-bond acceptors (Lipinski definition) is 3. The summed E-state index contributed by atoms with van der Waals surface area (Å²) >= 11 is 0. The third-order valence-electron chi connectivity index (χ3n) is 4.39. The number of carbonyl (C=O) groups is 1. The fourth-order valence-corrected chi connectivity index (χ4v) is 3.06. The largest absolute Gasteiger partial charge is 0.355 e. The van der Waals surface area contributed by atoms with Gasteiger partial charge in [-0.25, -0.2) is 8.78 Å². The van der Waals surface area contributed by atoms with Gasteiger partial charge in [-0.15, -0.1) is 0 Å². The van der Waals surface area contributed by atoms with Gasteiger partial charge in [-0.3, -0.25) is 9.78 Å². The molecule has 0 unspecified atom stereocenters. The number of rotatable bonds is 4. The summed E-state index contributed by atoms with van der Waals surface area (Å²) in [6, 6.07) is 7.03. The van der Waals surface area contributed by atoms with E-state index in [0.717, 1.165) is 37.8 Å². The standard InChI is InChI=1S/C19H21F2N3O/c20-16-8-7-14(11-17(16)21)23-15-9-10-22-18(12-15)19(25)24-13-5-3-1-2-4-6-13/h7-13H,1-6H2,(H,22,23)(H,24,25). The van der Waals surface area contributed by atoms with Crippen LogP contribution in [-0.4, -0.2) is 16.9 Å². The van der Waals surface area contributed by atoms with Crippen molar-refractivity contribution in [2.75, 3.05) is 5.32 Å². The quantitative estimate of drug-likeness (QED) is 0.799. The second kappa shape index (κ2) is 8.05. The van der Waals surface area contributed by atoms with Gasteiger partial charge in [-0.2, -0.15) is 0 Å². The Labute approximate surface area is 145 Å². The van der Waals surface area contributed by atoms with E-state index < -0.39 is 11.6 Å². The molecule has 1 amide bonds. The minimum Gasteiger partial charge on any atom is -0.355 e. The van der Waals surface area contributed by atoms with Gasteiger partial charge in [0.05, 0.1) is 0 Å². The highest BCUT2D eigenvalue weighted by Gasteiger charge is 2.16. The number of halogens is 2. The molecular formula is C19H21F2N3O. The number of nitrogens with one attached hydrogen (secondary N) is 2. The Bertz CT molecular complexity index is 743. The monoisotopic (exact) mass is 345 g/mol. The Morgan fingerprint density at radius 1 is 0.960 bits per heavy atom. The lowest BCUT2D eigenvalue weighted by atomic mass is 10.1. The van der Waals surface area contributed by atoms with E-state index >= 15 is 0 Å². The zero-order valence-electron chi connectivity index (χ0n) is 13.9. The van der Waals surface area contributed by atoms with Gasteiger partial charge >= 0.3 is 0 Å². The van der Waals surface area contributed by atoms with Crippen molar-refractivity contribution in [1.82, 2.24) is 10.3 Å². The third-order valence-corrected chi connectivity index (χ3v) is 4.39. The van der Waals surface area contributed by atoms with Gasteiger partial charge in [-0.1, -0.05) is 25.7 Å². The van der Waals surface area contributed by atoms with Crippen LogP contribution in [0.15, 0.2) is 36.5 Å². The van der Waals surface area contributed by atoms with Crippen molar-refractivity contribution in [3.63, 3.8) is 0 Å². The van der Waals surface area contributed by atoms with Crippen LogP contribution in [0.25, 0.3) is 0 Å². The molecule has 1 aromatic carbocycles. The molecule has 0 spiro atoms. The summed E-state index contributed by atoms with van der Waals surface area (Å²) < 4.78 is 26.3. The average Bonchev–Trinajstić information content (AvgIpc) is 2.87. The molecule has 4 nitrogen and oxygen atoms in total. The number of amides is 1. The van der Waals surface area contributed by atoms with Gasteiger partial charge < -0.3 is 10.6 Å². The van der Waals surface area contributed by atoms with Crippen LogP contribution in [0.2, 0.25) is 0 Å². The van der Waals surface area contributed by atoms with E-state index in [4.69, 9.17) is 0 Å². The lowest BCUT2D eigenvalue weighted by molar-refractivity contribution is 0.0928. The first-order chi connectivity index (χ1) is 12.1. The maximum absolute atomic E-state index is 13.3. The number of pyridine rings is 1.